The molecule has 1 atom stereocenters. The topological polar surface area (TPSA) is 48.1 Å². The summed E-state index contributed by atoms with van der Waals surface area (Å²) in [5.41, 5.74) is 9.20. The van der Waals surface area contributed by atoms with Gasteiger partial charge in [0.1, 0.15) is 5.75 Å². The maximum Gasteiger partial charge on any atom is 0.118 e. The first-order chi connectivity index (χ1) is 8.74. The van der Waals surface area contributed by atoms with Crippen LogP contribution in [0.15, 0.2) is 42.6 Å². The molecular formula is C15H18N2O. The number of nitrogens with two attached hydrogens (primary N) is 1. The highest BCUT2D eigenvalue weighted by Gasteiger charge is 2.13. The molecule has 3 nitrogen and oxygen atoms in total. The number of pyridine rings is 1. The molecular weight excluding hydrogens is 224 g/mol. The van der Waals surface area contributed by atoms with E-state index < -0.39 is 0 Å². The van der Waals surface area contributed by atoms with E-state index in [1.54, 1.807) is 7.11 Å². The third-order valence-electron chi connectivity index (χ3n) is 3.05. The highest BCUT2D eigenvalue weighted by atomic mass is 16.5. The molecule has 1 aromatic carbocycles. The number of hydrogen-bond acceptors (Lipinski definition) is 3. The van der Waals surface area contributed by atoms with E-state index in [4.69, 9.17) is 10.5 Å². The van der Waals surface area contributed by atoms with Crippen molar-refractivity contribution < 1.29 is 4.74 Å². The molecule has 0 saturated heterocycles. The van der Waals surface area contributed by atoms with Gasteiger partial charge in [0.25, 0.3) is 0 Å². The van der Waals surface area contributed by atoms with Gasteiger partial charge in [0.05, 0.1) is 7.11 Å². The number of aryl methyl sites for hydroxylation is 1. The third-order valence-corrected chi connectivity index (χ3v) is 3.05. The molecule has 0 unspecified atom stereocenters. The summed E-state index contributed by atoms with van der Waals surface area (Å²) >= 11 is 0. The van der Waals surface area contributed by atoms with Gasteiger partial charge >= 0.3 is 0 Å². The molecule has 2 rings (SSSR count). The Kier molecular flexibility index (Phi) is 3.95. The van der Waals surface area contributed by atoms with Crippen molar-refractivity contribution >= 4 is 0 Å². The monoisotopic (exact) mass is 242 g/mol. The van der Waals surface area contributed by atoms with E-state index in [9.17, 15) is 0 Å². The van der Waals surface area contributed by atoms with Crippen LogP contribution in [0.5, 0.6) is 5.75 Å². The Labute approximate surface area is 108 Å². The zero-order chi connectivity index (χ0) is 13.0. The maximum absolute atomic E-state index is 5.87. The Morgan fingerprint density at radius 1 is 1.17 bits per heavy atom. The molecule has 1 aromatic heterocycles. The predicted octanol–water partition coefficient (Wildman–Crippen LogP) is 2.49. The molecule has 0 saturated carbocycles. The molecule has 3 heteroatoms. The van der Waals surface area contributed by atoms with Crippen LogP contribution in [0.3, 0.4) is 0 Å². The molecule has 0 fully saturated rings. The summed E-state index contributed by atoms with van der Waals surface area (Å²) in [5, 5.41) is 0. The second-order valence-corrected chi connectivity index (χ2v) is 4.32. The molecule has 0 amide bonds. The summed E-state index contributed by atoms with van der Waals surface area (Å²) in [6.45, 7) is 2.57. The van der Waals surface area contributed by atoms with Crippen molar-refractivity contribution in [2.75, 3.05) is 13.7 Å². The smallest absolute Gasteiger partial charge is 0.118 e. The van der Waals surface area contributed by atoms with Crippen LogP contribution in [0.4, 0.5) is 0 Å². The molecule has 0 bridgehead atoms. The van der Waals surface area contributed by atoms with E-state index in [1.807, 2.05) is 43.5 Å². The number of ether oxygens (including phenoxy) is 1. The fraction of sp³-hybridized carbons (Fsp3) is 0.267. The van der Waals surface area contributed by atoms with Crippen molar-refractivity contribution in [3.63, 3.8) is 0 Å². The zero-order valence-corrected chi connectivity index (χ0v) is 10.8. The highest BCUT2D eigenvalue weighted by molar-refractivity contribution is 5.34. The second-order valence-electron chi connectivity index (χ2n) is 4.32. The Hall–Kier alpha value is -1.87. The van der Waals surface area contributed by atoms with E-state index in [0.717, 1.165) is 22.6 Å². The first-order valence-electron chi connectivity index (χ1n) is 6.01. The lowest BCUT2D eigenvalue weighted by atomic mass is 9.95. The summed E-state index contributed by atoms with van der Waals surface area (Å²) in [5.74, 6) is 0.989. The quantitative estimate of drug-likeness (QED) is 0.896. The Morgan fingerprint density at radius 3 is 2.39 bits per heavy atom. The van der Waals surface area contributed by atoms with Crippen molar-refractivity contribution in [1.82, 2.24) is 4.98 Å². The molecule has 0 aliphatic heterocycles. The third kappa shape index (κ3) is 2.68. The van der Waals surface area contributed by atoms with Crippen molar-refractivity contribution in [2.45, 2.75) is 12.8 Å². The summed E-state index contributed by atoms with van der Waals surface area (Å²) in [6.07, 6.45) is 1.88. The first kappa shape index (κ1) is 12.6. The number of nitrogens with zero attached hydrogens (tertiary/aromatic N) is 1. The predicted molar refractivity (Wildman–Crippen MR) is 72.9 cm³/mol. The van der Waals surface area contributed by atoms with Crippen LogP contribution in [0, 0.1) is 6.92 Å². The van der Waals surface area contributed by atoms with Crippen LogP contribution in [0.1, 0.15) is 22.7 Å². The van der Waals surface area contributed by atoms with Crippen LogP contribution in [0.25, 0.3) is 0 Å². The van der Waals surface area contributed by atoms with Gasteiger partial charge in [0.15, 0.2) is 0 Å². The van der Waals surface area contributed by atoms with Crippen LogP contribution in [0.2, 0.25) is 0 Å². The Balaban J connectivity index is 2.29. The number of benzene rings is 1. The van der Waals surface area contributed by atoms with E-state index in [-0.39, 0.29) is 5.92 Å². The average Bonchev–Trinajstić information content (AvgIpc) is 2.42. The van der Waals surface area contributed by atoms with Gasteiger partial charge < -0.3 is 10.5 Å². The van der Waals surface area contributed by atoms with Gasteiger partial charge in [-0.05, 0) is 36.2 Å². The lowest BCUT2D eigenvalue weighted by molar-refractivity contribution is 0.414. The van der Waals surface area contributed by atoms with E-state index >= 15 is 0 Å². The van der Waals surface area contributed by atoms with Gasteiger partial charge in [-0.25, -0.2) is 0 Å². The normalized spacial score (nSPS) is 12.2. The molecule has 0 aliphatic rings. The van der Waals surface area contributed by atoms with Crippen molar-refractivity contribution in [1.29, 1.82) is 0 Å². The van der Waals surface area contributed by atoms with Crippen LogP contribution < -0.4 is 10.5 Å². The van der Waals surface area contributed by atoms with Crippen molar-refractivity contribution in [3.8, 4) is 5.75 Å². The van der Waals surface area contributed by atoms with Gasteiger partial charge in [-0.2, -0.15) is 0 Å². The van der Waals surface area contributed by atoms with Crippen LogP contribution >= 0.6 is 0 Å². The summed E-state index contributed by atoms with van der Waals surface area (Å²) < 4.78 is 5.16. The lowest BCUT2D eigenvalue weighted by Gasteiger charge is -2.15. The molecule has 2 aromatic rings. The van der Waals surface area contributed by atoms with Gasteiger partial charge in [-0.15, -0.1) is 0 Å². The minimum atomic E-state index is 0.136. The second kappa shape index (κ2) is 5.65. The standard InChI is InChI=1S/C15H18N2O/c1-11-3-8-15(17-10-11)14(9-16)12-4-6-13(18-2)7-5-12/h3-8,10,14H,9,16H2,1-2H3/t14-/m1/s1. The van der Waals surface area contributed by atoms with Gasteiger partial charge in [0.2, 0.25) is 0 Å². The summed E-state index contributed by atoms with van der Waals surface area (Å²) in [7, 11) is 1.66. The minimum Gasteiger partial charge on any atom is -0.497 e. The van der Waals surface area contributed by atoms with Crippen LogP contribution in [-0.2, 0) is 0 Å². The molecule has 0 spiro atoms. The van der Waals surface area contributed by atoms with Gasteiger partial charge in [0, 0.05) is 24.4 Å². The Morgan fingerprint density at radius 2 is 1.89 bits per heavy atom. The number of hydrogen-bond donors (Lipinski definition) is 1. The number of methoxy groups -OCH3 is 1. The Bertz CT molecular complexity index is 491. The largest absolute Gasteiger partial charge is 0.497 e. The molecule has 94 valence electrons. The van der Waals surface area contributed by atoms with E-state index in [2.05, 4.69) is 11.1 Å². The van der Waals surface area contributed by atoms with Crippen molar-refractivity contribution in [2.24, 2.45) is 5.73 Å². The SMILES string of the molecule is COc1ccc([C@@H](CN)c2ccc(C)cn2)cc1. The van der Waals surface area contributed by atoms with Crippen LogP contribution in [-0.4, -0.2) is 18.6 Å². The summed E-state index contributed by atoms with van der Waals surface area (Å²) in [4.78, 5) is 4.46. The van der Waals surface area contributed by atoms with Gasteiger partial charge in [-0.1, -0.05) is 18.2 Å². The summed E-state index contributed by atoms with van der Waals surface area (Å²) in [6, 6.07) is 12.1. The number of rotatable bonds is 4. The minimum absolute atomic E-state index is 0.136. The lowest BCUT2D eigenvalue weighted by Crippen LogP contribution is -2.15. The average molecular weight is 242 g/mol. The van der Waals surface area contributed by atoms with E-state index in [1.165, 1.54) is 0 Å². The molecule has 0 radical (unpaired) electrons. The highest BCUT2D eigenvalue weighted by Crippen LogP contribution is 2.24. The molecule has 0 aliphatic carbocycles. The van der Waals surface area contributed by atoms with Gasteiger partial charge in [-0.3, -0.25) is 4.98 Å². The fourth-order valence-corrected chi connectivity index (χ4v) is 1.95. The zero-order valence-electron chi connectivity index (χ0n) is 10.8. The van der Waals surface area contributed by atoms with E-state index in [0.29, 0.717) is 6.54 Å². The first-order valence-corrected chi connectivity index (χ1v) is 6.01. The number of aromatic nitrogens is 1. The molecule has 2 N–H and O–H groups in total. The maximum atomic E-state index is 5.87. The van der Waals surface area contributed by atoms with Crippen molar-refractivity contribution in [3.05, 3.63) is 59.4 Å². The molecule has 18 heavy (non-hydrogen) atoms. The molecule has 1 heterocycles. The fourth-order valence-electron chi connectivity index (χ4n) is 1.95.